The van der Waals surface area contributed by atoms with Crippen LogP contribution in [0.15, 0.2) is 77.7 Å². The molecule has 0 aliphatic carbocycles. The van der Waals surface area contributed by atoms with Crippen molar-refractivity contribution in [1.82, 2.24) is 0 Å². The van der Waals surface area contributed by atoms with Crippen molar-refractivity contribution in [2.75, 3.05) is 12.4 Å². The first-order valence-corrected chi connectivity index (χ1v) is 10.8. The number of carbonyl (C=O) groups is 1. The zero-order chi connectivity index (χ0) is 21.5. The first-order valence-electron chi connectivity index (χ1n) is 9.84. The van der Waals surface area contributed by atoms with E-state index in [1.165, 1.54) is 27.8 Å². The summed E-state index contributed by atoms with van der Waals surface area (Å²) < 4.78 is 5.26. The number of rotatable bonds is 8. The number of aliphatic carboxylic acids is 1. The molecule has 154 valence electrons. The van der Waals surface area contributed by atoms with Gasteiger partial charge in [0, 0.05) is 10.6 Å². The van der Waals surface area contributed by atoms with Gasteiger partial charge in [-0.05, 0) is 61.2 Å². The van der Waals surface area contributed by atoms with Crippen LogP contribution in [0.4, 0.5) is 0 Å². The largest absolute Gasteiger partial charge is 0.482 e. The minimum Gasteiger partial charge on any atom is -0.482 e. The van der Waals surface area contributed by atoms with Gasteiger partial charge in [-0.15, -0.1) is 11.8 Å². The van der Waals surface area contributed by atoms with Gasteiger partial charge >= 0.3 is 5.97 Å². The van der Waals surface area contributed by atoms with Gasteiger partial charge in [-0.2, -0.15) is 0 Å². The van der Waals surface area contributed by atoms with E-state index in [2.05, 4.69) is 68.5 Å². The summed E-state index contributed by atoms with van der Waals surface area (Å²) in [7, 11) is 0. The third kappa shape index (κ3) is 6.01. The highest BCUT2D eigenvalue weighted by Gasteiger charge is 2.07. The molecule has 0 atom stereocenters. The normalized spacial score (nSPS) is 10.5. The van der Waals surface area contributed by atoms with Gasteiger partial charge in [0.2, 0.25) is 0 Å². The van der Waals surface area contributed by atoms with Crippen molar-refractivity contribution in [3.8, 4) is 5.75 Å². The summed E-state index contributed by atoms with van der Waals surface area (Å²) in [4.78, 5) is 11.8. The number of carboxylic acid groups (broad SMARTS) is 1. The molecule has 0 fully saturated rings. The van der Waals surface area contributed by atoms with Crippen LogP contribution in [0.2, 0.25) is 0 Å². The highest BCUT2D eigenvalue weighted by molar-refractivity contribution is 7.99. The highest BCUT2D eigenvalue weighted by atomic mass is 32.2. The van der Waals surface area contributed by atoms with Crippen LogP contribution in [-0.2, 0) is 4.79 Å². The molecule has 3 nitrogen and oxygen atoms in total. The van der Waals surface area contributed by atoms with E-state index in [0.717, 1.165) is 16.2 Å². The van der Waals surface area contributed by atoms with Crippen molar-refractivity contribution in [1.29, 1.82) is 0 Å². The van der Waals surface area contributed by atoms with Crippen LogP contribution in [0.1, 0.15) is 27.8 Å². The molecule has 0 aromatic heterocycles. The molecule has 0 unspecified atom stereocenters. The van der Waals surface area contributed by atoms with Gasteiger partial charge in [0.25, 0.3) is 0 Å². The van der Waals surface area contributed by atoms with Gasteiger partial charge in [0.1, 0.15) is 5.75 Å². The van der Waals surface area contributed by atoms with E-state index in [0.29, 0.717) is 5.75 Å². The lowest BCUT2D eigenvalue weighted by molar-refractivity contribution is -0.139. The van der Waals surface area contributed by atoms with E-state index in [9.17, 15) is 4.79 Å². The van der Waals surface area contributed by atoms with Crippen molar-refractivity contribution < 1.29 is 14.6 Å². The molecule has 0 spiro atoms. The molecule has 3 aromatic rings. The summed E-state index contributed by atoms with van der Waals surface area (Å²) >= 11 is 1.76. The second kappa shape index (κ2) is 10.2. The maximum absolute atomic E-state index is 10.7. The zero-order valence-electron chi connectivity index (χ0n) is 17.5. The molecule has 0 bridgehead atoms. The third-order valence-electron chi connectivity index (χ3n) is 4.69. The number of benzene rings is 3. The number of hydrogen-bond acceptors (Lipinski definition) is 3. The fraction of sp³-hybridized carbons (Fsp3) is 0.192. The Labute approximate surface area is 182 Å². The summed E-state index contributed by atoms with van der Waals surface area (Å²) in [6.07, 6.45) is 2.28. The Balaban J connectivity index is 1.80. The van der Waals surface area contributed by atoms with Crippen LogP contribution in [0, 0.1) is 20.8 Å². The molecule has 0 amide bonds. The maximum atomic E-state index is 10.7. The molecule has 0 radical (unpaired) electrons. The predicted octanol–water partition coefficient (Wildman–Crippen LogP) is 6.30. The fourth-order valence-corrected chi connectivity index (χ4v) is 4.14. The SMILES string of the molecule is Cc1cccc(C(=CCSc2ccc(OCC(=O)O)cc2C)c2cccc(C)c2)c1. The van der Waals surface area contributed by atoms with Gasteiger partial charge in [-0.3, -0.25) is 0 Å². The van der Waals surface area contributed by atoms with E-state index >= 15 is 0 Å². The van der Waals surface area contributed by atoms with Crippen molar-refractivity contribution >= 4 is 23.3 Å². The fourth-order valence-electron chi connectivity index (χ4n) is 3.26. The molecule has 30 heavy (non-hydrogen) atoms. The van der Waals surface area contributed by atoms with Gasteiger partial charge in [-0.25, -0.2) is 4.79 Å². The van der Waals surface area contributed by atoms with E-state index < -0.39 is 5.97 Å². The van der Waals surface area contributed by atoms with Gasteiger partial charge in [-0.1, -0.05) is 65.7 Å². The molecule has 0 saturated heterocycles. The minimum absolute atomic E-state index is 0.328. The summed E-state index contributed by atoms with van der Waals surface area (Å²) in [5.74, 6) is 0.430. The summed E-state index contributed by atoms with van der Waals surface area (Å²) in [6.45, 7) is 5.92. The highest BCUT2D eigenvalue weighted by Crippen LogP contribution is 2.29. The number of carboxylic acids is 1. The molecule has 0 saturated carbocycles. The zero-order valence-corrected chi connectivity index (χ0v) is 18.3. The Hall–Kier alpha value is -2.98. The lowest BCUT2D eigenvalue weighted by atomic mass is 9.95. The van der Waals surface area contributed by atoms with Crippen LogP contribution in [-0.4, -0.2) is 23.4 Å². The third-order valence-corrected chi connectivity index (χ3v) is 5.80. The summed E-state index contributed by atoms with van der Waals surface area (Å²) in [6, 6.07) is 22.9. The molecule has 0 heterocycles. The average Bonchev–Trinajstić information content (AvgIpc) is 2.71. The number of ether oxygens (including phenoxy) is 1. The van der Waals surface area contributed by atoms with Gasteiger partial charge < -0.3 is 9.84 Å². The molecule has 3 aromatic carbocycles. The number of hydrogen-bond donors (Lipinski definition) is 1. The summed E-state index contributed by atoms with van der Waals surface area (Å²) in [5, 5.41) is 8.75. The maximum Gasteiger partial charge on any atom is 0.341 e. The average molecular weight is 419 g/mol. The lowest BCUT2D eigenvalue weighted by Gasteiger charge is -2.12. The van der Waals surface area contributed by atoms with Crippen LogP contribution < -0.4 is 4.74 Å². The molecule has 0 aliphatic heterocycles. The van der Waals surface area contributed by atoms with Gasteiger partial charge in [0.15, 0.2) is 6.61 Å². The standard InChI is InChI=1S/C26H26O3S/c1-18-6-4-8-21(14-18)24(22-9-5-7-19(2)15-22)12-13-30-25-11-10-23(16-20(25)3)29-17-26(27)28/h4-12,14-16H,13,17H2,1-3H3,(H,27,28). The number of thioether (sulfide) groups is 1. The second-order valence-corrected chi connectivity index (χ2v) is 8.34. The lowest BCUT2D eigenvalue weighted by Crippen LogP contribution is -2.09. The monoisotopic (exact) mass is 418 g/mol. The molecular weight excluding hydrogens is 392 g/mol. The molecular formula is C26H26O3S. The quantitative estimate of drug-likeness (QED) is 0.436. The first kappa shape index (κ1) is 21.7. The van der Waals surface area contributed by atoms with Crippen molar-refractivity contribution in [3.05, 3.63) is 101 Å². The Bertz CT molecular complexity index is 1020. The summed E-state index contributed by atoms with van der Waals surface area (Å²) in [5.41, 5.74) is 7.22. The predicted molar refractivity (Wildman–Crippen MR) is 124 cm³/mol. The molecule has 0 aliphatic rings. The Kier molecular flexibility index (Phi) is 7.36. The van der Waals surface area contributed by atoms with Crippen LogP contribution in [0.5, 0.6) is 5.75 Å². The van der Waals surface area contributed by atoms with E-state index in [4.69, 9.17) is 9.84 Å². The smallest absolute Gasteiger partial charge is 0.341 e. The van der Waals surface area contributed by atoms with Crippen LogP contribution >= 0.6 is 11.8 Å². The topological polar surface area (TPSA) is 46.5 Å². The van der Waals surface area contributed by atoms with Crippen molar-refractivity contribution in [3.63, 3.8) is 0 Å². The van der Waals surface area contributed by atoms with Crippen LogP contribution in [0.3, 0.4) is 0 Å². The Morgan fingerprint density at radius 3 is 2.10 bits per heavy atom. The first-order chi connectivity index (χ1) is 14.4. The van der Waals surface area contributed by atoms with Crippen LogP contribution in [0.25, 0.3) is 5.57 Å². The molecule has 4 heteroatoms. The Morgan fingerprint density at radius 2 is 1.57 bits per heavy atom. The van der Waals surface area contributed by atoms with E-state index in [-0.39, 0.29) is 6.61 Å². The second-order valence-electron chi connectivity index (χ2n) is 7.28. The van der Waals surface area contributed by atoms with Crippen molar-refractivity contribution in [2.45, 2.75) is 25.7 Å². The van der Waals surface area contributed by atoms with E-state index in [1.807, 2.05) is 25.1 Å². The van der Waals surface area contributed by atoms with Gasteiger partial charge in [0.05, 0.1) is 0 Å². The van der Waals surface area contributed by atoms with E-state index in [1.54, 1.807) is 11.8 Å². The number of aryl methyl sites for hydroxylation is 3. The minimum atomic E-state index is -0.976. The van der Waals surface area contributed by atoms with Crippen molar-refractivity contribution in [2.24, 2.45) is 0 Å². The molecule has 1 N–H and O–H groups in total. The Morgan fingerprint density at radius 1 is 0.933 bits per heavy atom. The molecule has 3 rings (SSSR count).